The van der Waals surface area contributed by atoms with Gasteiger partial charge in [-0.05, 0) is 69.8 Å². The third-order valence-electron chi connectivity index (χ3n) is 7.68. The number of rotatable bonds is 9. The normalized spacial score (nSPS) is 13.7. The SMILES string of the molecule is CC.Nc1c(SCc2ccccc2)ccc2ccc3ccc(C(N)N/C(=C\Cc4ccccc4)C4=CC=CCC4)cc3c12. The van der Waals surface area contributed by atoms with E-state index < -0.39 is 0 Å². The van der Waals surface area contributed by atoms with Crippen LogP contribution < -0.4 is 16.8 Å². The second kappa shape index (κ2) is 14.8. The van der Waals surface area contributed by atoms with Crippen molar-refractivity contribution >= 4 is 39.0 Å². The van der Waals surface area contributed by atoms with Crippen molar-refractivity contribution in [1.29, 1.82) is 0 Å². The van der Waals surface area contributed by atoms with Crippen molar-refractivity contribution < 1.29 is 0 Å². The zero-order valence-corrected chi connectivity index (χ0v) is 25.9. The molecule has 1 atom stereocenters. The Morgan fingerprint density at radius 2 is 1.53 bits per heavy atom. The van der Waals surface area contributed by atoms with Crippen molar-refractivity contribution in [1.82, 2.24) is 5.32 Å². The first kappa shape index (κ1) is 30.2. The number of hydrogen-bond donors (Lipinski definition) is 3. The maximum atomic E-state index is 6.86. The van der Waals surface area contributed by atoms with Gasteiger partial charge >= 0.3 is 0 Å². The predicted molar refractivity (Wildman–Crippen MR) is 188 cm³/mol. The number of anilines is 1. The second-order valence-corrected chi connectivity index (χ2v) is 11.5. The lowest BCUT2D eigenvalue weighted by Crippen LogP contribution is -2.29. The number of nitrogens with two attached hydrogens (primary N) is 2. The summed E-state index contributed by atoms with van der Waals surface area (Å²) in [6.45, 7) is 4.00. The molecular formula is C39H41N3S. The molecule has 1 aliphatic carbocycles. The number of thioether (sulfide) groups is 1. The summed E-state index contributed by atoms with van der Waals surface area (Å²) in [4.78, 5) is 1.10. The summed E-state index contributed by atoms with van der Waals surface area (Å²) in [6, 6.07) is 36.2. The lowest BCUT2D eigenvalue weighted by Gasteiger charge is -2.22. The van der Waals surface area contributed by atoms with Crippen molar-refractivity contribution in [2.45, 2.75) is 49.9 Å². The molecule has 0 spiro atoms. The Kier molecular flexibility index (Phi) is 10.4. The van der Waals surface area contributed by atoms with Gasteiger partial charge in [-0.15, -0.1) is 11.8 Å². The van der Waals surface area contributed by atoms with Gasteiger partial charge in [0.1, 0.15) is 6.17 Å². The zero-order valence-electron chi connectivity index (χ0n) is 25.1. The van der Waals surface area contributed by atoms with Gasteiger partial charge in [-0.25, -0.2) is 0 Å². The summed E-state index contributed by atoms with van der Waals surface area (Å²) in [5.41, 5.74) is 20.5. The molecule has 0 bridgehead atoms. The first-order valence-corrected chi connectivity index (χ1v) is 16.2. The first-order valence-electron chi connectivity index (χ1n) is 15.2. The van der Waals surface area contributed by atoms with Gasteiger partial charge < -0.3 is 16.8 Å². The van der Waals surface area contributed by atoms with Gasteiger partial charge in [0.05, 0.1) is 5.69 Å². The lowest BCUT2D eigenvalue weighted by molar-refractivity contribution is 0.622. The highest BCUT2D eigenvalue weighted by Gasteiger charge is 2.15. The van der Waals surface area contributed by atoms with E-state index in [0.717, 1.165) is 68.4 Å². The largest absolute Gasteiger partial charge is 0.397 e. The Morgan fingerprint density at radius 1 is 0.860 bits per heavy atom. The molecule has 1 aliphatic rings. The number of benzene rings is 5. The highest BCUT2D eigenvalue weighted by atomic mass is 32.2. The van der Waals surface area contributed by atoms with E-state index in [2.05, 4.69) is 127 Å². The molecule has 6 rings (SSSR count). The maximum absolute atomic E-state index is 6.86. The Balaban J connectivity index is 0.00000180. The molecule has 0 saturated carbocycles. The Hall–Kier alpha value is -4.25. The Labute approximate surface area is 260 Å². The molecule has 0 heterocycles. The summed E-state index contributed by atoms with van der Waals surface area (Å²) in [7, 11) is 0. The number of hydrogen-bond acceptors (Lipinski definition) is 4. The molecule has 218 valence electrons. The molecule has 0 aliphatic heterocycles. The summed E-state index contributed by atoms with van der Waals surface area (Å²) in [5, 5.41) is 8.17. The topological polar surface area (TPSA) is 64.1 Å². The molecule has 1 unspecified atom stereocenters. The van der Waals surface area contributed by atoms with Crippen LogP contribution in [0.15, 0.2) is 144 Å². The van der Waals surface area contributed by atoms with Crippen molar-refractivity contribution in [3.63, 3.8) is 0 Å². The van der Waals surface area contributed by atoms with Crippen LogP contribution in [0.2, 0.25) is 0 Å². The average molecular weight is 584 g/mol. The number of fused-ring (bicyclic) bond motifs is 3. The molecule has 5 aromatic carbocycles. The van der Waals surface area contributed by atoms with E-state index in [1.807, 2.05) is 19.9 Å². The van der Waals surface area contributed by atoms with E-state index in [9.17, 15) is 0 Å². The molecule has 4 heteroatoms. The van der Waals surface area contributed by atoms with Gasteiger partial charge in [0, 0.05) is 21.7 Å². The second-order valence-electron chi connectivity index (χ2n) is 10.5. The van der Waals surface area contributed by atoms with Gasteiger partial charge in [-0.1, -0.05) is 129 Å². The summed E-state index contributed by atoms with van der Waals surface area (Å²) < 4.78 is 0. The zero-order chi connectivity index (χ0) is 30.0. The van der Waals surface area contributed by atoms with Crippen molar-refractivity contribution in [3.05, 3.63) is 155 Å². The minimum absolute atomic E-state index is 0.361. The summed E-state index contributed by atoms with van der Waals surface area (Å²) >= 11 is 1.78. The fraction of sp³-hybridized carbons (Fsp3) is 0.179. The third kappa shape index (κ3) is 7.40. The molecule has 0 amide bonds. The van der Waals surface area contributed by atoms with Crippen molar-refractivity contribution in [2.24, 2.45) is 5.73 Å². The van der Waals surface area contributed by atoms with Gasteiger partial charge in [-0.3, -0.25) is 0 Å². The fourth-order valence-corrected chi connectivity index (χ4v) is 6.36. The van der Waals surface area contributed by atoms with Crippen molar-refractivity contribution in [3.8, 4) is 0 Å². The summed E-state index contributed by atoms with van der Waals surface area (Å²) in [6.07, 6.45) is 11.3. The van der Waals surface area contributed by atoms with Gasteiger partial charge in [0.25, 0.3) is 0 Å². The quantitative estimate of drug-likeness (QED) is 0.0699. The molecule has 5 aromatic rings. The third-order valence-corrected chi connectivity index (χ3v) is 8.82. The molecule has 0 saturated heterocycles. The van der Waals surface area contributed by atoms with Crippen LogP contribution in [-0.2, 0) is 12.2 Å². The van der Waals surface area contributed by atoms with Crippen LogP contribution in [0.5, 0.6) is 0 Å². The number of allylic oxidation sites excluding steroid dienone is 5. The monoisotopic (exact) mass is 583 g/mol. The van der Waals surface area contributed by atoms with Gasteiger partial charge in [0.2, 0.25) is 0 Å². The first-order chi connectivity index (χ1) is 21.2. The van der Waals surface area contributed by atoms with Crippen LogP contribution in [0.1, 0.15) is 49.5 Å². The van der Waals surface area contributed by atoms with E-state index in [0.29, 0.717) is 0 Å². The maximum Gasteiger partial charge on any atom is 0.101 e. The Bertz CT molecular complexity index is 1750. The number of nitrogens with one attached hydrogen (secondary N) is 1. The lowest BCUT2D eigenvalue weighted by atomic mass is 9.97. The molecular weight excluding hydrogens is 543 g/mol. The average Bonchev–Trinajstić information content (AvgIpc) is 3.08. The van der Waals surface area contributed by atoms with E-state index in [-0.39, 0.29) is 6.17 Å². The molecule has 0 fully saturated rings. The van der Waals surface area contributed by atoms with Gasteiger partial charge in [-0.2, -0.15) is 0 Å². The van der Waals surface area contributed by atoms with E-state index in [1.165, 1.54) is 16.7 Å². The van der Waals surface area contributed by atoms with Crippen LogP contribution >= 0.6 is 11.8 Å². The van der Waals surface area contributed by atoms with E-state index in [4.69, 9.17) is 11.5 Å². The van der Waals surface area contributed by atoms with Crippen LogP contribution in [0.25, 0.3) is 21.5 Å². The van der Waals surface area contributed by atoms with E-state index >= 15 is 0 Å². The predicted octanol–water partition coefficient (Wildman–Crippen LogP) is 9.84. The van der Waals surface area contributed by atoms with Crippen LogP contribution in [0.3, 0.4) is 0 Å². The summed E-state index contributed by atoms with van der Waals surface area (Å²) in [5.74, 6) is 0.879. The van der Waals surface area contributed by atoms with Crippen LogP contribution in [0, 0.1) is 0 Å². The van der Waals surface area contributed by atoms with Crippen LogP contribution in [-0.4, -0.2) is 0 Å². The highest BCUT2D eigenvalue weighted by Crippen LogP contribution is 2.38. The Morgan fingerprint density at radius 3 is 2.26 bits per heavy atom. The molecule has 43 heavy (non-hydrogen) atoms. The van der Waals surface area contributed by atoms with Crippen LogP contribution in [0.4, 0.5) is 5.69 Å². The minimum Gasteiger partial charge on any atom is -0.397 e. The molecule has 0 aromatic heterocycles. The molecule has 3 nitrogen and oxygen atoms in total. The molecule has 0 radical (unpaired) electrons. The van der Waals surface area contributed by atoms with Crippen molar-refractivity contribution in [2.75, 3.05) is 5.73 Å². The number of nitrogen functional groups attached to an aromatic ring is 1. The molecule has 5 N–H and O–H groups in total. The minimum atomic E-state index is -0.361. The van der Waals surface area contributed by atoms with E-state index in [1.54, 1.807) is 11.8 Å². The smallest absolute Gasteiger partial charge is 0.101 e. The van der Waals surface area contributed by atoms with Gasteiger partial charge in [0.15, 0.2) is 0 Å². The standard InChI is InChI=1S/C37H35N3S.C2H6/c38-36-34(41-25-27-12-6-2-7-13-27)23-21-30-19-17-28-18-20-31(24-32(28)35(30)36)37(39)40-33(29-14-8-3-9-15-29)22-16-26-10-4-1-5-11-26;1-2/h1-8,10-14,17-24,37,40H,9,15-16,25,38-39H2;1-2H3/b33-22-;. The highest BCUT2D eigenvalue weighted by molar-refractivity contribution is 7.98. The fourth-order valence-electron chi connectivity index (χ4n) is 5.42.